The zero-order valence-corrected chi connectivity index (χ0v) is 16.8. The van der Waals surface area contributed by atoms with Crippen LogP contribution in [0.4, 0.5) is 0 Å². The van der Waals surface area contributed by atoms with Crippen LogP contribution in [0.15, 0.2) is 69.4 Å². The van der Waals surface area contributed by atoms with Crippen LogP contribution in [-0.2, 0) is 6.54 Å². The number of hydrogen-bond acceptors (Lipinski definition) is 7. The van der Waals surface area contributed by atoms with Crippen molar-refractivity contribution in [2.24, 2.45) is 0 Å². The predicted molar refractivity (Wildman–Crippen MR) is 108 cm³/mol. The summed E-state index contributed by atoms with van der Waals surface area (Å²) < 4.78 is 12.7. The molecule has 0 spiro atoms. The Morgan fingerprint density at radius 2 is 2.00 bits per heavy atom. The van der Waals surface area contributed by atoms with Gasteiger partial charge in [-0.05, 0) is 60.3 Å². The van der Waals surface area contributed by atoms with Crippen LogP contribution in [0, 0.1) is 11.3 Å². The van der Waals surface area contributed by atoms with Gasteiger partial charge in [0.15, 0.2) is 16.7 Å². The Labute approximate surface area is 175 Å². The number of halogens is 1. The second-order valence-corrected chi connectivity index (χ2v) is 7.29. The lowest BCUT2D eigenvalue weighted by Crippen LogP contribution is -2.03. The minimum absolute atomic E-state index is 0.171. The van der Waals surface area contributed by atoms with E-state index in [0.717, 1.165) is 17.1 Å². The van der Waals surface area contributed by atoms with Crippen molar-refractivity contribution in [1.82, 2.24) is 19.7 Å². The van der Waals surface area contributed by atoms with E-state index in [4.69, 9.17) is 26.0 Å². The molecule has 7 nitrogen and oxygen atoms in total. The van der Waals surface area contributed by atoms with E-state index in [1.54, 1.807) is 25.5 Å². The maximum absolute atomic E-state index is 9.17. The molecule has 0 atom stereocenters. The van der Waals surface area contributed by atoms with Gasteiger partial charge in [0.1, 0.15) is 22.6 Å². The Kier molecular flexibility index (Phi) is 5.51. The first-order chi connectivity index (χ1) is 14.2. The molecular weight excluding hydrogens is 410 g/mol. The maximum Gasteiger partial charge on any atom is 0.198 e. The molecule has 4 aromatic rings. The van der Waals surface area contributed by atoms with Crippen LogP contribution in [0.1, 0.15) is 11.5 Å². The number of hydrogen-bond donors (Lipinski definition) is 0. The molecule has 0 amide bonds. The smallest absolute Gasteiger partial charge is 0.198 e. The number of rotatable bonds is 6. The van der Waals surface area contributed by atoms with Crippen LogP contribution >= 0.6 is 23.4 Å². The molecule has 0 unspecified atom stereocenters. The van der Waals surface area contributed by atoms with Crippen LogP contribution in [0.3, 0.4) is 0 Å². The summed E-state index contributed by atoms with van der Waals surface area (Å²) >= 11 is 7.28. The van der Waals surface area contributed by atoms with Gasteiger partial charge in [0.05, 0.1) is 24.9 Å². The standard InChI is InChI=1S/C20H14ClN5O2S/c1-27-14-6-4-13(5-7-14)19-24-25-20(26(19)12-15-3-2-10-28-15)29-18-9-8-16(21)17(11-22)23-18/h2-10H,12H2,1H3. The maximum atomic E-state index is 9.17. The minimum Gasteiger partial charge on any atom is -0.497 e. The molecule has 0 saturated carbocycles. The van der Waals surface area contributed by atoms with Gasteiger partial charge in [-0.3, -0.25) is 4.57 Å². The first-order valence-corrected chi connectivity index (χ1v) is 9.72. The summed E-state index contributed by atoms with van der Waals surface area (Å²) in [6.07, 6.45) is 1.62. The number of nitrogens with zero attached hydrogens (tertiary/aromatic N) is 5. The number of methoxy groups -OCH3 is 1. The van der Waals surface area contributed by atoms with Gasteiger partial charge in [0.25, 0.3) is 0 Å². The molecule has 29 heavy (non-hydrogen) atoms. The van der Waals surface area contributed by atoms with Gasteiger partial charge in [0, 0.05) is 5.56 Å². The first kappa shape index (κ1) is 19.1. The molecule has 1 aromatic carbocycles. The molecule has 3 heterocycles. The number of pyridine rings is 1. The first-order valence-electron chi connectivity index (χ1n) is 8.52. The van der Waals surface area contributed by atoms with E-state index in [1.165, 1.54) is 11.8 Å². The van der Waals surface area contributed by atoms with Crippen LogP contribution in [0.2, 0.25) is 5.02 Å². The van der Waals surface area contributed by atoms with E-state index in [2.05, 4.69) is 15.2 Å². The van der Waals surface area contributed by atoms with Crippen LogP contribution < -0.4 is 4.74 Å². The third kappa shape index (κ3) is 4.11. The Hall–Kier alpha value is -3.28. The Balaban J connectivity index is 1.73. The fourth-order valence-corrected chi connectivity index (χ4v) is 3.62. The lowest BCUT2D eigenvalue weighted by molar-refractivity contribution is 0.415. The Morgan fingerprint density at radius 1 is 1.17 bits per heavy atom. The molecule has 0 aliphatic heterocycles. The topological polar surface area (TPSA) is 89.8 Å². The fraction of sp³-hybridized carbons (Fsp3) is 0.100. The lowest BCUT2D eigenvalue weighted by atomic mass is 10.2. The van der Waals surface area contributed by atoms with Crippen molar-refractivity contribution in [3.63, 3.8) is 0 Å². The number of nitriles is 1. The SMILES string of the molecule is COc1ccc(-c2nnc(Sc3ccc(Cl)c(C#N)n3)n2Cc2ccco2)cc1. The van der Waals surface area contributed by atoms with Crippen LogP contribution in [0.5, 0.6) is 5.75 Å². The summed E-state index contributed by atoms with van der Waals surface area (Å²) in [4.78, 5) is 4.28. The highest BCUT2D eigenvalue weighted by Gasteiger charge is 2.17. The number of ether oxygens (including phenoxy) is 1. The number of furan rings is 1. The van der Waals surface area contributed by atoms with Crippen molar-refractivity contribution in [2.45, 2.75) is 16.7 Å². The average molecular weight is 424 g/mol. The molecule has 0 N–H and O–H groups in total. The van der Waals surface area contributed by atoms with Gasteiger partial charge < -0.3 is 9.15 Å². The van der Waals surface area contributed by atoms with Gasteiger partial charge in [-0.15, -0.1) is 10.2 Å². The van der Waals surface area contributed by atoms with Crippen molar-refractivity contribution in [3.8, 4) is 23.2 Å². The van der Waals surface area contributed by atoms with Gasteiger partial charge in [-0.25, -0.2) is 4.98 Å². The van der Waals surface area contributed by atoms with Gasteiger partial charge >= 0.3 is 0 Å². The molecule has 0 aliphatic carbocycles. The third-order valence-corrected chi connectivity index (χ3v) is 5.31. The van der Waals surface area contributed by atoms with E-state index in [-0.39, 0.29) is 5.69 Å². The quantitative estimate of drug-likeness (QED) is 0.445. The van der Waals surface area contributed by atoms with E-state index >= 15 is 0 Å². The Bertz CT molecular complexity index is 1170. The molecule has 0 saturated heterocycles. The average Bonchev–Trinajstić information content (AvgIpc) is 3.40. The molecule has 3 aromatic heterocycles. The summed E-state index contributed by atoms with van der Waals surface area (Å²) in [7, 11) is 1.62. The van der Waals surface area contributed by atoms with Gasteiger partial charge in [0.2, 0.25) is 0 Å². The van der Waals surface area contributed by atoms with Crippen molar-refractivity contribution >= 4 is 23.4 Å². The molecular formula is C20H14ClN5O2S. The highest BCUT2D eigenvalue weighted by Crippen LogP contribution is 2.31. The monoisotopic (exact) mass is 423 g/mol. The summed E-state index contributed by atoms with van der Waals surface area (Å²) in [6.45, 7) is 0.447. The lowest BCUT2D eigenvalue weighted by Gasteiger charge is -2.09. The molecule has 0 bridgehead atoms. The van der Waals surface area contributed by atoms with Crippen molar-refractivity contribution in [3.05, 3.63) is 71.3 Å². The van der Waals surface area contributed by atoms with E-state index in [9.17, 15) is 0 Å². The highest BCUT2D eigenvalue weighted by molar-refractivity contribution is 7.99. The second kappa shape index (κ2) is 8.39. The van der Waals surface area contributed by atoms with Gasteiger partial charge in [-0.2, -0.15) is 5.26 Å². The highest BCUT2D eigenvalue weighted by atomic mass is 35.5. The molecule has 0 radical (unpaired) electrons. The number of benzene rings is 1. The zero-order valence-electron chi connectivity index (χ0n) is 15.2. The van der Waals surface area contributed by atoms with Crippen molar-refractivity contribution < 1.29 is 9.15 Å². The second-order valence-electron chi connectivity index (χ2n) is 5.89. The fourth-order valence-electron chi connectivity index (χ4n) is 2.67. The third-order valence-electron chi connectivity index (χ3n) is 4.08. The summed E-state index contributed by atoms with van der Waals surface area (Å²) in [5.74, 6) is 2.21. The summed E-state index contributed by atoms with van der Waals surface area (Å²) in [6, 6.07) is 16.7. The van der Waals surface area contributed by atoms with E-state index in [0.29, 0.717) is 27.6 Å². The largest absolute Gasteiger partial charge is 0.497 e. The predicted octanol–water partition coefficient (Wildman–Crippen LogP) is 4.67. The van der Waals surface area contributed by atoms with E-state index < -0.39 is 0 Å². The molecule has 0 aliphatic rings. The van der Waals surface area contributed by atoms with Crippen molar-refractivity contribution in [1.29, 1.82) is 5.26 Å². The molecule has 4 rings (SSSR count). The number of aromatic nitrogens is 4. The summed E-state index contributed by atoms with van der Waals surface area (Å²) in [5, 5.41) is 19.4. The van der Waals surface area contributed by atoms with Gasteiger partial charge in [-0.1, -0.05) is 11.6 Å². The van der Waals surface area contributed by atoms with Crippen LogP contribution in [0.25, 0.3) is 11.4 Å². The summed E-state index contributed by atoms with van der Waals surface area (Å²) in [5.41, 5.74) is 1.06. The van der Waals surface area contributed by atoms with Crippen LogP contribution in [-0.4, -0.2) is 26.9 Å². The molecule has 144 valence electrons. The normalized spacial score (nSPS) is 10.7. The van der Waals surface area contributed by atoms with E-state index in [1.807, 2.05) is 47.0 Å². The minimum atomic E-state index is 0.171. The zero-order chi connectivity index (χ0) is 20.2. The molecule has 0 fully saturated rings. The Morgan fingerprint density at radius 3 is 2.69 bits per heavy atom. The van der Waals surface area contributed by atoms with Crippen molar-refractivity contribution in [2.75, 3.05) is 7.11 Å². The molecule has 9 heteroatoms.